The van der Waals surface area contributed by atoms with Gasteiger partial charge in [0.15, 0.2) is 11.6 Å². The normalized spacial score (nSPS) is 11.1. The third-order valence-electron chi connectivity index (χ3n) is 4.05. The third kappa shape index (κ3) is 3.25. The van der Waals surface area contributed by atoms with E-state index in [1.165, 1.54) is 0 Å². The maximum atomic E-state index is 9.14. The zero-order chi connectivity index (χ0) is 17.1. The summed E-state index contributed by atoms with van der Waals surface area (Å²) in [6.07, 6.45) is 8.45. The molecule has 1 N–H and O–H groups in total. The number of benzene rings is 1. The first-order valence-electron chi connectivity index (χ1n) is 8.13. The van der Waals surface area contributed by atoms with E-state index in [2.05, 4.69) is 10.1 Å². The van der Waals surface area contributed by atoms with Gasteiger partial charge in [-0.05, 0) is 36.2 Å². The van der Waals surface area contributed by atoms with Crippen LogP contribution in [0.1, 0.15) is 11.3 Å². The summed E-state index contributed by atoms with van der Waals surface area (Å²) in [6, 6.07) is 13.6. The van der Waals surface area contributed by atoms with Gasteiger partial charge in [0.05, 0.1) is 11.9 Å². The van der Waals surface area contributed by atoms with Crippen LogP contribution in [0.2, 0.25) is 0 Å². The van der Waals surface area contributed by atoms with Gasteiger partial charge >= 0.3 is 0 Å². The van der Waals surface area contributed by atoms with E-state index in [-0.39, 0.29) is 6.61 Å². The monoisotopic (exact) mass is 334 g/mol. The van der Waals surface area contributed by atoms with Crippen LogP contribution < -0.4 is 0 Å². The third-order valence-corrected chi connectivity index (χ3v) is 4.05. The number of aliphatic hydroxyl groups is 1. The van der Waals surface area contributed by atoms with Crippen molar-refractivity contribution in [2.75, 3.05) is 0 Å². The number of aliphatic hydroxyl groups excluding tert-OH is 1. The van der Waals surface area contributed by atoms with Gasteiger partial charge in [-0.1, -0.05) is 18.2 Å². The lowest BCUT2D eigenvalue weighted by Gasteiger charge is -2.05. The van der Waals surface area contributed by atoms with E-state index in [4.69, 9.17) is 9.52 Å². The fraction of sp³-hybridized carbons (Fsp3) is 0.158. The summed E-state index contributed by atoms with van der Waals surface area (Å²) in [7, 11) is 0. The Labute approximate surface area is 145 Å². The highest BCUT2D eigenvalue weighted by molar-refractivity contribution is 5.47. The van der Waals surface area contributed by atoms with Crippen molar-refractivity contribution in [1.29, 1.82) is 0 Å². The second-order valence-corrected chi connectivity index (χ2v) is 5.75. The van der Waals surface area contributed by atoms with E-state index in [9.17, 15) is 0 Å². The molecule has 25 heavy (non-hydrogen) atoms. The summed E-state index contributed by atoms with van der Waals surface area (Å²) < 4.78 is 9.50. The molecule has 126 valence electrons. The smallest absolute Gasteiger partial charge is 0.176 e. The maximum Gasteiger partial charge on any atom is 0.176 e. The average molecular weight is 334 g/mol. The predicted octanol–water partition coefficient (Wildman–Crippen LogP) is 3.06. The highest BCUT2D eigenvalue weighted by Crippen LogP contribution is 2.21. The number of hydrogen-bond acceptors (Lipinski definition) is 4. The SMILES string of the molecule is OCc1ccc(-c2nccn2CCc2cnn(-c3ccccc3)c2)o1. The Bertz CT molecular complexity index is 953. The van der Waals surface area contributed by atoms with E-state index < -0.39 is 0 Å². The topological polar surface area (TPSA) is 69.0 Å². The Morgan fingerprint density at radius 3 is 2.76 bits per heavy atom. The molecule has 0 radical (unpaired) electrons. The van der Waals surface area contributed by atoms with E-state index in [1.807, 2.05) is 64.2 Å². The molecule has 6 heteroatoms. The number of imidazole rings is 1. The summed E-state index contributed by atoms with van der Waals surface area (Å²) >= 11 is 0. The first-order valence-corrected chi connectivity index (χ1v) is 8.13. The number of furan rings is 1. The van der Waals surface area contributed by atoms with Gasteiger partial charge < -0.3 is 14.1 Å². The number of aromatic nitrogens is 4. The fourth-order valence-electron chi connectivity index (χ4n) is 2.76. The van der Waals surface area contributed by atoms with Gasteiger partial charge in [-0.3, -0.25) is 0 Å². The molecule has 0 aliphatic rings. The standard InChI is InChI=1S/C19H18N4O2/c24-14-17-6-7-18(25-17)19-20-9-11-22(19)10-8-15-12-21-23(13-15)16-4-2-1-3-5-16/h1-7,9,11-13,24H,8,10,14H2. The van der Waals surface area contributed by atoms with E-state index >= 15 is 0 Å². The summed E-state index contributed by atoms with van der Waals surface area (Å²) in [6.45, 7) is 0.657. The Hall–Kier alpha value is -3.12. The highest BCUT2D eigenvalue weighted by Gasteiger charge is 2.11. The van der Waals surface area contributed by atoms with Gasteiger partial charge in [0.2, 0.25) is 0 Å². The van der Waals surface area contributed by atoms with Crippen molar-refractivity contribution in [1.82, 2.24) is 19.3 Å². The number of hydrogen-bond donors (Lipinski definition) is 1. The van der Waals surface area contributed by atoms with Gasteiger partial charge in [0.25, 0.3) is 0 Å². The van der Waals surface area contributed by atoms with Crippen LogP contribution in [-0.2, 0) is 19.6 Å². The molecule has 0 spiro atoms. The maximum absolute atomic E-state index is 9.14. The molecule has 4 rings (SSSR count). The number of nitrogens with zero attached hydrogens (tertiary/aromatic N) is 4. The minimum absolute atomic E-state index is 0.112. The van der Waals surface area contributed by atoms with Crippen LogP contribution in [0.5, 0.6) is 0 Å². The van der Waals surface area contributed by atoms with Crippen LogP contribution in [0.3, 0.4) is 0 Å². The van der Waals surface area contributed by atoms with E-state index in [0.29, 0.717) is 11.5 Å². The highest BCUT2D eigenvalue weighted by atomic mass is 16.4. The van der Waals surface area contributed by atoms with Crippen LogP contribution in [0, 0.1) is 0 Å². The fourth-order valence-corrected chi connectivity index (χ4v) is 2.76. The minimum atomic E-state index is -0.112. The molecule has 0 saturated carbocycles. The van der Waals surface area contributed by atoms with Crippen LogP contribution >= 0.6 is 0 Å². The first-order chi connectivity index (χ1) is 12.3. The zero-order valence-electron chi connectivity index (χ0n) is 13.6. The molecule has 0 bridgehead atoms. The Kier molecular flexibility index (Phi) is 4.18. The van der Waals surface area contributed by atoms with Crippen LogP contribution in [-0.4, -0.2) is 24.4 Å². The largest absolute Gasteiger partial charge is 0.455 e. The van der Waals surface area contributed by atoms with Gasteiger partial charge in [-0.25, -0.2) is 9.67 Å². The predicted molar refractivity (Wildman–Crippen MR) is 93.1 cm³/mol. The zero-order valence-corrected chi connectivity index (χ0v) is 13.6. The second kappa shape index (κ2) is 6.78. The second-order valence-electron chi connectivity index (χ2n) is 5.75. The van der Waals surface area contributed by atoms with Gasteiger partial charge in [0, 0.05) is 25.1 Å². The van der Waals surface area contributed by atoms with E-state index in [1.54, 1.807) is 12.3 Å². The van der Waals surface area contributed by atoms with Gasteiger partial charge in [-0.15, -0.1) is 0 Å². The lowest BCUT2D eigenvalue weighted by molar-refractivity contribution is 0.248. The lowest BCUT2D eigenvalue weighted by Crippen LogP contribution is -2.02. The summed E-state index contributed by atoms with van der Waals surface area (Å²) in [5, 5.41) is 13.6. The quantitative estimate of drug-likeness (QED) is 0.588. The molecule has 0 aliphatic carbocycles. The lowest BCUT2D eigenvalue weighted by atomic mass is 10.2. The van der Waals surface area contributed by atoms with Crippen LogP contribution in [0.15, 0.2) is 71.7 Å². The van der Waals surface area contributed by atoms with Crippen molar-refractivity contribution >= 4 is 0 Å². The molecule has 6 nitrogen and oxygen atoms in total. The van der Waals surface area contributed by atoms with Gasteiger partial charge in [-0.2, -0.15) is 5.10 Å². The molecule has 0 amide bonds. The Morgan fingerprint density at radius 2 is 1.96 bits per heavy atom. The molecule has 0 saturated heterocycles. The van der Waals surface area contributed by atoms with Gasteiger partial charge in [0.1, 0.15) is 12.4 Å². The van der Waals surface area contributed by atoms with Crippen molar-refractivity contribution in [3.63, 3.8) is 0 Å². The molecule has 0 unspecified atom stereocenters. The molecular formula is C19H18N4O2. The number of aryl methyl sites for hydroxylation is 2. The molecule has 3 aromatic heterocycles. The number of para-hydroxylation sites is 1. The summed E-state index contributed by atoms with van der Waals surface area (Å²) in [5.74, 6) is 1.96. The molecule has 1 aromatic carbocycles. The number of rotatable bonds is 6. The Morgan fingerprint density at radius 1 is 1.08 bits per heavy atom. The molecule has 3 heterocycles. The molecule has 0 fully saturated rings. The summed E-state index contributed by atoms with van der Waals surface area (Å²) in [5.41, 5.74) is 2.20. The van der Waals surface area contributed by atoms with Crippen LogP contribution in [0.4, 0.5) is 0 Å². The summed E-state index contributed by atoms with van der Waals surface area (Å²) in [4.78, 5) is 4.37. The molecular weight excluding hydrogens is 316 g/mol. The van der Waals surface area contributed by atoms with Crippen molar-refractivity contribution in [2.24, 2.45) is 0 Å². The molecule has 0 atom stereocenters. The first kappa shape index (κ1) is 15.4. The molecule has 0 aliphatic heterocycles. The molecule has 4 aromatic rings. The van der Waals surface area contributed by atoms with Crippen molar-refractivity contribution < 1.29 is 9.52 Å². The van der Waals surface area contributed by atoms with Crippen LogP contribution in [0.25, 0.3) is 17.3 Å². The average Bonchev–Trinajstić information content (AvgIpc) is 3.39. The minimum Gasteiger partial charge on any atom is -0.455 e. The van der Waals surface area contributed by atoms with Crippen molar-refractivity contribution in [3.8, 4) is 17.3 Å². The van der Waals surface area contributed by atoms with Crippen molar-refractivity contribution in [3.05, 3.63) is 78.6 Å². The van der Waals surface area contributed by atoms with Crippen molar-refractivity contribution in [2.45, 2.75) is 19.6 Å². The van der Waals surface area contributed by atoms with E-state index in [0.717, 1.165) is 30.0 Å². The Balaban J connectivity index is 1.48.